The highest BCUT2D eigenvalue weighted by molar-refractivity contribution is 9.10. The summed E-state index contributed by atoms with van der Waals surface area (Å²) in [5, 5.41) is 2.51. The SMILES string of the molecule is O=C(Nc1ccc(C(F)(F)F)cc1)C1CCN(c2ccccc2Br)C1=O. The molecule has 0 saturated carbocycles. The summed E-state index contributed by atoms with van der Waals surface area (Å²) in [7, 11) is 0. The number of nitrogens with one attached hydrogen (secondary N) is 1. The number of alkyl halides is 3. The number of carbonyl (C=O) groups excluding carboxylic acids is 2. The molecule has 2 aromatic rings. The first-order valence-corrected chi connectivity index (χ1v) is 8.60. The van der Waals surface area contributed by atoms with Gasteiger partial charge in [0, 0.05) is 16.7 Å². The number of halogens is 4. The smallest absolute Gasteiger partial charge is 0.325 e. The molecular formula is C18H14BrF3N2O2. The first-order valence-electron chi connectivity index (χ1n) is 7.81. The van der Waals surface area contributed by atoms with Crippen LogP contribution in [0, 0.1) is 5.92 Å². The van der Waals surface area contributed by atoms with E-state index in [0.717, 1.165) is 16.6 Å². The fraction of sp³-hybridized carbons (Fsp3) is 0.222. The van der Waals surface area contributed by atoms with Crippen molar-refractivity contribution in [1.29, 1.82) is 0 Å². The maximum absolute atomic E-state index is 12.6. The van der Waals surface area contributed by atoms with Gasteiger partial charge in [0.2, 0.25) is 11.8 Å². The Morgan fingerprint density at radius 2 is 1.77 bits per heavy atom. The maximum atomic E-state index is 12.6. The zero-order valence-corrected chi connectivity index (χ0v) is 15.0. The summed E-state index contributed by atoms with van der Waals surface area (Å²) in [5.41, 5.74) is 0.102. The van der Waals surface area contributed by atoms with Crippen molar-refractivity contribution in [2.75, 3.05) is 16.8 Å². The van der Waals surface area contributed by atoms with Gasteiger partial charge in [-0.25, -0.2) is 0 Å². The predicted octanol–water partition coefficient (Wildman–Crippen LogP) is 4.46. The van der Waals surface area contributed by atoms with Crippen molar-refractivity contribution >= 4 is 39.1 Å². The van der Waals surface area contributed by atoms with E-state index in [1.54, 1.807) is 18.2 Å². The van der Waals surface area contributed by atoms with Gasteiger partial charge in [0.25, 0.3) is 0 Å². The lowest BCUT2D eigenvalue weighted by atomic mass is 10.1. The molecule has 0 aliphatic carbocycles. The van der Waals surface area contributed by atoms with E-state index in [2.05, 4.69) is 21.2 Å². The van der Waals surface area contributed by atoms with Crippen LogP contribution in [0.4, 0.5) is 24.5 Å². The fourth-order valence-electron chi connectivity index (χ4n) is 2.80. The number of amides is 2. The van der Waals surface area contributed by atoms with Crippen LogP contribution in [0.1, 0.15) is 12.0 Å². The van der Waals surface area contributed by atoms with Crippen molar-refractivity contribution in [3.05, 3.63) is 58.6 Å². The molecule has 0 aromatic heterocycles. The summed E-state index contributed by atoms with van der Waals surface area (Å²) in [6.07, 6.45) is -4.10. The van der Waals surface area contributed by atoms with E-state index in [4.69, 9.17) is 0 Å². The van der Waals surface area contributed by atoms with Gasteiger partial charge in [0.15, 0.2) is 0 Å². The minimum atomic E-state index is -4.44. The number of benzene rings is 2. The molecule has 136 valence electrons. The summed E-state index contributed by atoms with van der Waals surface area (Å²) in [4.78, 5) is 26.5. The number of anilines is 2. The molecule has 0 spiro atoms. The molecule has 1 atom stereocenters. The molecule has 8 heteroatoms. The Morgan fingerprint density at radius 3 is 2.38 bits per heavy atom. The van der Waals surface area contributed by atoms with Crippen LogP contribution < -0.4 is 10.2 Å². The van der Waals surface area contributed by atoms with Crippen LogP contribution in [0.15, 0.2) is 53.0 Å². The number of hydrogen-bond donors (Lipinski definition) is 1. The number of carbonyl (C=O) groups is 2. The predicted molar refractivity (Wildman–Crippen MR) is 94.7 cm³/mol. The van der Waals surface area contributed by atoms with Gasteiger partial charge in [-0.1, -0.05) is 12.1 Å². The lowest BCUT2D eigenvalue weighted by Gasteiger charge is -2.18. The largest absolute Gasteiger partial charge is 0.416 e. The molecule has 4 nitrogen and oxygen atoms in total. The zero-order chi connectivity index (χ0) is 18.9. The molecule has 2 amide bonds. The van der Waals surface area contributed by atoms with Crippen molar-refractivity contribution in [3.8, 4) is 0 Å². The van der Waals surface area contributed by atoms with Crippen LogP contribution in [-0.4, -0.2) is 18.4 Å². The topological polar surface area (TPSA) is 49.4 Å². The zero-order valence-electron chi connectivity index (χ0n) is 13.4. The Kier molecular flexibility index (Phi) is 5.04. The van der Waals surface area contributed by atoms with E-state index in [9.17, 15) is 22.8 Å². The van der Waals surface area contributed by atoms with Gasteiger partial charge in [-0.05, 0) is 58.7 Å². The standard InChI is InChI=1S/C18H14BrF3N2O2/c19-14-3-1-2-4-15(14)24-10-9-13(17(24)26)16(25)23-12-7-5-11(6-8-12)18(20,21)22/h1-8,13H,9-10H2,(H,23,25). The van der Waals surface area contributed by atoms with Gasteiger partial charge in [0.05, 0.1) is 11.3 Å². The van der Waals surface area contributed by atoms with Crippen LogP contribution >= 0.6 is 15.9 Å². The normalized spacial score (nSPS) is 17.5. The Morgan fingerprint density at radius 1 is 1.12 bits per heavy atom. The van der Waals surface area contributed by atoms with Gasteiger partial charge < -0.3 is 10.2 Å². The highest BCUT2D eigenvalue weighted by Crippen LogP contribution is 2.32. The summed E-state index contributed by atoms with van der Waals surface area (Å²) in [5.74, 6) is -1.73. The van der Waals surface area contributed by atoms with Gasteiger partial charge in [0.1, 0.15) is 5.92 Å². The second-order valence-corrected chi connectivity index (χ2v) is 6.70. The number of nitrogens with zero attached hydrogens (tertiary/aromatic N) is 1. The van der Waals surface area contributed by atoms with Gasteiger partial charge in [-0.2, -0.15) is 13.2 Å². The molecule has 3 rings (SSSR count). The molecule has 2 aromatic carbocycles. The lowest BCUT2D eigenvalue weighted by Crippen LogP contribution is -2.33. The van der Waals surface area contributed by atoms with Crippen LogP contribution in [0.3, 0.4) is 0 Å². The second kappa shape index (κ2) is 7.11. The van der Waals surface area contributed by atoms with Gasteiger partial charge in [-0.15, -0.1) is 0 Å². The van der Waals surface area contributed by atoms with Crippen LogP contribution in [0.5, 0.6) is 0 Å². The summed E-state index contributed by atoms with van der Waals surface area (Å²) >= 11 is 3.38. The van der Waals surface area contributed by atoms with E-state index in [0.29, 0.717) is 18.7 Å². The first-order chi connectivity index (χ1) is 12.3. The highest BCUT2D eigenvalue weighted by Gasteiger charge is 2.38. The Hall–Kier alpha value is -2.35. The van der Waals surface area contributed by atoms with Crippen LogP contribution in [-0.2, 0) is 15.8 Å². The fourth-order valence-corrected chi connectivity index (χ4v) is 3.30. The Balaban J connectivity index is 1.69. The maximum Gasteiger partial charge on any atom is 0.416 e. The van der Waals surface area contributed by atoms with Gasteiger partial charge in [-0.3, -0.25) is 9.59 Å². The Bertz CT molecular complexity index is 837. The summed E-state index contributed by atoms with van der Waals surface area (Å²) in [6, 6.07) is 11.3. The summed E-state index contributed by atoms with van der Waals surface area (Å²) < 4.78 is 38.5. The molecule has 0 bridgehead atoms. The van der Waals surface area contributed by atoms with Crippen molar-refractivity contribution in [2.45, 2.75) is 12.6 Å². The highest BCUT2D eigenvalue weighted by atomic mass is 79.9. The van der Waals surface area contributed by atoms with Crippen molar-refractivity contribution in [2.24, 2.45) is 5.92 Å². The second-order valence-electron chi connectivity index (χ2n) is 5.85. The van der Waals surface area contributed by atoms with Crippen molar-refractivity contribution in [1.82, 2.24) is 0 Å². The van der Waals surface area contributed by atoms with Gasteiger partial charge >= 0.3 is 6.18 Å². The van der Waals surface area contributed by atoms with Crippen LogP contribution in [0.25, 0.3) is 0 Å². The van der Waals surface area contributed by atoms with E-state index in [-0.39, 0.29) is 11.6 Å². The number of para-hydroxylation sites is 1. The van der Waals surface area contributed by atoms with Crippen molar-refractivity contribution in [3.63, 3.8) is 0 Å². The van der Waals surface area contributed by atoms with E-state index in [1.165, 1.54) is 17.0 Å². The monoisotopic (exact) mass is 426 g/mol. The molecule has 1 aliphatic heterocycles. The van der Waals surface area contributed by atoms with E-state index in [1.807, 2.05) is 6.07 Å². The third-order valence-corrected chi connectivity index (χ3v) is 4.82. The molecule has 0 radical (unpaired) electrons. The van der Waals surface area contributed by atoms with E-state index < -0.39 is 23.6 Å². The average molecular weight is 427 g/mol. The molecule has 1 saturated heterocycles. The van der Waals surface area contributed by atoms with Crippen LogP contribution in [0.2, 0.25) is 0 Å². The Labute approximate surface area is 156 Å². The minimum absolute atomic E-state index is 0.218. The molecule has 1 fully saturated rings. The molecule has 1 N–H and O–H groups in total. The van der Waals surface area contributed by atoms with E-state index >= 15 is 0 Å². The molecule has 1 unspecified atom stereocenters. The third kappa shape index (κ3) is 3.75. The van der Waals surface area contributed by atoms with Crippen molar-refractivity contribution < 1.29 is 22.8 Å². The average Bonchev–Trinajstić information content (AvgIpc) is 2.96. The minimum Gasteiger partial charge on any atom is -0.325 e. The molecule has 1 heterocycles. The lowest BCUT2D eigenvalue weighted by molar-refractivity contribution is -0.137. The molecular weight excluding hydrogens is 413 g/mol. The molecule has 26 heavy (non-hydrogen) atoms. The first kappa shape index (κ1) is 18.4. The third-order valence-electron chi connectivity index (χ3n) is 4.15. The number of hydrogen-bond acceptors (Lipinski definition) is 2. The number of rotatable bonds is 3. The quantitative estimate of drug-likeness (QED) is 0.736. The molecule has 1 aliphatic rings. The summed E-state index contributed by atoms with van der Waals surface area (Å²) in [6.45, 7) is 0.395.